The van der Waals surface area contributed by atoms with Gasteiger partial charge in [-0.1, -0.05) is 12.1 Å². The van der Waals surface area contributed by atoms with Gasteiger partial charge in [0.05, 0.1) is 22.6 Å². The molecular weight excluding hydrogens is 494 g/mol. The zero-order valence-electron chi connectivity index (χ0n) is 18.6. The molecule has 0 aliphatic heterocycles. The summed E-state index contributed by atoms with van der Waals surface area (Å²) in [7, 11) is -0.833. The van der Waals surface area contributed by atoms with Crippen molar-refractivity contribution < 1.29 is 31.0 Å². The summed E-state index contributed by atoms with van der Waals surface area (Å²) >= 11 is -2.47. The molecule has 0 saturated carbocycles. The highest BCUT2D eigenvalue weighted by atomic mass is 32.2. The molecule has 0 bridgehead atoms. The molecule has 10 nitrogen and oxygen atoms in total. The Morgan fingerprint density at radius 2 is 1.77 bits per heavy atom. The number of H-pyrrole nitrogens is 1. The summed E-state index contributed by atoms with van der Waals surface area (Å²) in [5, 5.41) is 4.56. The maximum Gasteiger partial charge on any atom is 0.325 e. The number of aromatic amines is 1. The van der Waals surface area contributed by atoms with Crippen LogP contribution in [-0.2, 0) is 25.5 Å². The number of aromatic nitrogens is 1. The van der Waals surface area contributed by atoms with Crippen LogP contribution in [0.3, 0.4) is 0 Å². The standard InChI is InChI=1S/C23H21N3O7S2/c1-26(33-34(28)29)17-7-6-15-12-22(25-21(15)14-17)23(27)24-16-4-3-5-20(13-16)35(30,31)19-10-8-18(32-2)9-11-19/h3-14,25H,1-2H3,(H,24,27)(H,28,29). The summed E-state index contributed by atoms with van der Waals surface area (Å²) in [5.41, 5.74) is 1.64. The van der Waals surface area contributed by atoms with Crippen LogP contribution in [0.5, 0.6) is 5.75 Å². The molecule has 1 heterocycles. The predicted octanol–water partition coefficient (Wildman–Crippen LogP) is 3.77. The Hall–Kier alpha value is -3.71. The maximum absolute atomic E-state index is 13.0. The first-order valence-electron chi connectivity index (χ1n) is 10.1. The summed E-state index contributed by atoms with van der Waals surface area (Å²) in [6, 6.07) is 18.7. The summed E-state index contributed by atoms with van der Waals surface area (Å²) < 4.78 is 55.5. The molecule has 0 spiro atoms. The van der Waals surface area contributed by atoms with Gasteiger partial charge in [-0.25, -0.2) is 13.5 Å². The minimum Gasteiger partial charge on any atom is -0.497 e. The fourth-order valence-corrected chi connectivity index (χ4v) is 4.99. The Morgan fingerprint density at radius 1 is 1.03 bits per heavy atom. The summed E-state index contributed by atoms with van der Waals surface area (Å²) in [6.07, 6.45) is 0. The van der Waals surface area contributed by atoms with Gasteiger partial charge < -0.3 is 15.0 Å². The lowest BCUT2D eigenvalue weighted by atomic mass is 10.2. The molecule has 4 aromatic rings. The number of carbonyl (C=O) groups excluding carboxylic acids is 1. The van der Waals surface area contributed by atoms with E-state index >= 15 is 0 Å². The number of nitrogens with zero attached hydrogens (tertiary/aromatic N) is 1. The van der Waals surface area contributed by atoms with E-state index in [1.807, 2.05) is 0 Å². The van der Waals surface area contributed by atoms with Crippen LogP contribution in [0.4, 0.5) is 11.4 Å². The Labute approximate surface area is 203 Å². The molecular formula is C23H21N3O7S2. The molecule has 12 heteroatoms. The highest BCUT2D eigenvalue weighted by Crippen LogP contribution is 2.26. The van der Waals surface area contributed by atoms with Gasteiger partial charge >= 0.3 is 11.4 Å². The van der Waals surface area contributed by atoms with Gasteiger partial charge in [0, 0.05) is 23.6 Å². The number of sulfone groups is 1. The molecule has 35 heavy (non-hydrogen) atoms. The molecule has 1 amide bonds. The molecule has 0 radical (unpaired) electrons. The van der Waals surface area contributed by atoms with E-state index < -0.39 is 27.1 Å². The molecule has 182 valence electrons. The van der Waals surface area contributed by atoms with Gasteiger partial charge in [-0.3, -0.25) is 9.35 Å². The van der Waals surface area contributed by atoms with Crippen LogP contribution in [0.2, 0.25) is 0 Å². The lowest BCUT2D eigenvalue weighted by Crippen LogP contribution is -2.18. The zero-order valence-corrected chi connectivity index (χ0v) is 20.2. The molecule has 3 aromatic carbocycles. The van der Waals surface area contributed by atoms with E-state index in [0.717, 1.165) is 10.4 Å². The number of hydrogen-bond donors (Lipinski definition) is 3. The summed E-state index contributed by atoms with van der Waals surface area (Å²) in [5.74, 6) is 0.0702. The fourth-order valence-electron chi connectivity index (χ4n) is 3.40. The molecule has 1 unspecified atom stereocenters. The third kappa shape index (κ3) is 5.35. The Balaban J connectivity index is 1.55. The number of nitrogens with one attached hydrogen (secondary N) is 2. The van der Waals surface area contributed by atoms with Crippen molar-refractivity contribution >= 4 is 49.4 Å². The summed E-state index contributed by atoms with van der Waals surface area (Å²) in [6.45, 7) is 0. The molecule has 1 atom stereocenters. The molecule has 4 rings (SSSR count). The molecule has 3 N–H and O–H groups in total. The second-order valence-electron chi connectivity index (χ2n) is 7.40. The van der Waals surface area contributed by atoms with Gasteiger partial charge in [0.2, 0.25) is 9.84 Å². The number of rotatable bonds is 8. The van der Waals surface area contributed by atoms with Gasteiger partial charge in [0.1, 0.15) is 11.4 Å². The average Bonchev–Trinajstić information content (AvgIpc) is 3.27. The average molecular weight is 516 g/mol. The quantitative estimate of drug-likeness (QED) is 0.238. The third-order valence-corrected chi connectivity index (χ3v) is 7.28. The smallest absolute Gasteiger partial charge is 0.325 e. The number of hydrogen-bond acceptors (Lipinski definition) is 7. The van der Waals surface area contributed by atoms with Crippen LogP contribution in [-0.4, -0.2) is 42.2 Å². The Bertz CT molecular complexity index is 1520. The van der Waals surface area contributed by atoms with Crippen molar-refractivity contribution in [3.63, 3.8) is 0 Å². The Kier molecular flexibility index (Phi) is 6.89. The van der Waals surface area contributed by atoms with Crippen molar-refractivity contribution in [2.24, 2.45) is 0 Å². The van der Waals surface area contributed by atoms with Crippen LogP contribution in [0, 0.1) is 0 Å². The minimum absolute atomic E-state index is 0.0334. The highest BCUT2D eigenvalue weighted by Gasteiger charge is 2.19. The SMILES string of the molecule is COc1ccc(S(=O)(=O)c2cccc(NC(=O)c3cc4ccc(N(C)OS(=O)O)cc4[nH]3)c2)cc1. The second-order valence-corrected chi connectivity index (χ2v) is 9.94. The van der Waals surface area contributed by atoms with Crippen LogP contribution in [0.1, 0.15) is 10.5 Å². The van der Waals surface area contributed by atoms with Crippen LogP contribution in [0.15, 0.2) is 82.6 Å². The van der Waals surface area contributed by atoms with Crippen LogP contribution >= 0.6 is 0 Å². The number of benzene rings is 3. The number of amides is 1. The normalized spacial score (nSPS) is 12.3. The van der Waals surface area contributed by atoms with E-state index in [-0.39, 0.29) is 15.5 Å². The second kappa shape index (κ2) is 9.88. The number of carbonyl (C=O) groups is 1. The lowest BCUT2D eigenvalue weighted by Gasteiger charge is -2.14. The van der Waals surface area contributed by atoms with Crippen molar-refractivity contribution in [1.82, 2.24) is 4.98 Å². The number of hydroxylamine groups is 1. The zero-order chi connectivity index (χ0) is 25.2. The van der Waals surface area contributed by atoms with Crippen molar-refractivity contribution in [2.75, 3.05) is 24.5 Å². The van der Waals surface area contributed by atoms with E-state index in [9.17, 15) is 17.4 Å². The fraction of sp³-hybridized carbons (Fsp3) is 0.0870. The monoisotopic (exact) mass is 515 g/mol. The van der Waals surface area contributed by atoms with Gasteiger partial charge in [0.15, 0.2) is 0 Å². The number of fused-ring (bicyclic) bond motifs is 1. The van der Waals surface area contributed by atoms with Crippen molar-refractivity contribution in [1.29, 1.82) is 0 Å². The van der Waals surface area contributed by atoms with E-state index in [1.165, 1.54) is 38.4 Å². The molecule has 0 aliphatic carbocycles. The first-order chi connectivity index (χ1) is 16.7. The van der Waals surface area contributed by atoms with Gasteiger partial charge in [-0.2, -0.15) is 4.21 Å². The van der Waals surface area contributed by atoms with E-state index in [1.54, 1.807) is 48.5 Å². The highest BCUT2D eigenvalue weighted by molar-refractivity contribution is 7.91. The Morgan fingerprint density at radius 3 is 2.46 bits per heavy atom. The van der Waals surface area contributed by atoms with E-state index in [4.69, 9.17) is 13.6 Å². The maximum atomic E-state index is 13.0. The van der Waals surface area contributed by atoms with Crippen molar-refractivity contribution in [3.05, 3.63) is 78.5 Å². The number of methoxy groups -OCH3 is 1. The van der Waals surface area contributed by atoms with Crippen molar-refractivity contribution in [2.45, 2.75) is 9.79 Å². The molecule has 0 saturated heterocycles. The molecule has 1 aromatic heterocycles. The first kappa shape index (κ1) is 24.4. The van der Waals surface area contributed by atoms with E-state index in [2.05, 4.69) is 10.3 Å². The van der Waals surface area contributed by atoms with Gasteiger partial charge in [-0.05, 0) is 60.7 Å². The minimum atomic E-state index is -3.80. The topological polar surface area (TPSA) is 138 Å². The molecule has 0 aliphatic rings. The van der Waals surface area contributed by atoms with Gasteiger partial charge in [-0.15, -0.1) is 4.28 Å². The van der Waals surface area contributed by atoms with Crippen molar-refractivity contribution in [3.8, 4) is 5.75 Å². The van der Waals surface area contributed by atoms with Crippen LogP contribution < -0.4 is 15.1 Å². The van der Waals surface area contributed by atoms with Crippen LogP contribution in [0.25, 0.3) is 10.9 Å². The lowest BCUT2D eigenvalue weighted by molar-refractivity contribution is 0.102. The molecule has 0 fully saturated rings. The van der Waals surface area contributed by atoms with E-state index in [0.29, 0.717) is 22.6 Å². The predicted molar refractivity (Wildman–Crippen MR) is 131 cm³/mol. The largest absolute Gasteiger partial charge is 0.497 e. The first-order valence-corrected chi connectivity index (χ1v) is 12.7. The number of anilines is 2. The summed E-state index contributed by atoms with van der Waals surface area (Å²) in [4.78, 5) is 16.0. The van der Waals surface area contributed by atoms with Gasteiger partial charge in [0.25, 0.3) is 5.91 Å². The number of ether oxygens (including phenoxy) is 1. The third-order valence-electron chi connectivity index (χ3n) is 5.16.